The van der Waals surface area contributed by atoms with Gasteiger partial charge in [0.15, 0.2) is 11.6 Å². The van der Waals surface area contributed by atoms with Gasteiger partial charge in [0.25, 0.3) is 0 Å². The highest BCUT2D eigenvalue weighted by molar-refractivity contribution is 5.96. The maximum absolute atomic E-state index is 14.2. The molecule has 2 aromatic carbocycles. The highest BCUT2D eigenvalue weighted by Crippen LogP contribution is 2.36. The van der Waals surface area contributed by atoms with E-state index in [0.717, 1.165) is 69.8 Å². The third kappa shape index (κ3) is 6.93. The van der Waals surface area contributed by atoms with Crippen molar-refractivity contribution in [1.82, 2.24) is 9.80 Å². The van der Waals surface area contributed by atoms with E-state index in [1.165, 1.54) is 20.3 Å². The van der Waals surface area contributed by atoms with E-state index in [9.17, 15) is 18.4 Å². The van der Waals surface area contributed by atoms with Crippen LogP contribution in [0.2, 0.25) is 0 Å². The fourth-order valence-electron chi connectivity index (χ4n) is 5.64. The number of anilines is 1. The Hall–Kier alpha value is -3.79. The van der Waals surface area contributed by atoms with E-state index in [1.54, 1.807) is 13.0 Å². The molecular weight excluding hydrogens is 530 g/mol. The number of hydrogen-bond acceptors (Lipinski definition) is 8. The van der Waals surface area contributed by atoms with Crippen molar-refractivity contribution in [3.63, 3.8) is 0 Å². The first-order valence-electron chi connectivity index (χ1n) is 14.0. The number of nitrogens with zero attached hydrogens (tertiary/aromatic N) is 4. The fourth-order valence-corrected chi connectivity index (χ4v) is 5.64. The smallest absolute Gasteiger partial charge is 0.339 e. The van der Waals surface area contributed by atoms with Gasteiger partial charge in [0.2, 0.25) is 0 Å². The van der Waals surface area contributed by atoms with E-state index in [-0.39, 0.29) is 5.97 Å². The van der Waals surface area contributed by atoms with Crippen molar-refractivity contribution in [2.24, 2.45) is 4.99 Å². The number of halogens is 2. The summed E-state index contributed by atoms with van der Waals surface area (Å²) in [6, 6.07) is 10.7. The zero-order valence-electron chi connectivity index (χ0n) is 24.2. The minimum Gasteiger partial charge on any atom is -0.466 e. The lowest BCUT2D eigenvalue weighted by Crippen LogP contribution is -2.47. The summed E-state index contributed by atoms with van der Waals surface area (Å²) in [5.41, 5.74) is 2.81. The van der Waals surface area contributed by atoms with Gasteiger partial charge < -0.3 is 19.3 Å². The lowest BCUT2D eigenvalue weighted by molar-refractivity contribution is -0.136. The normalized spacial score (nSPS) is 17.9. The Balaban J connectivity index is 1.32. The molecule has 1 unspecified atom stereocenters. The number of amidine groups is 1. The molecule has 2 aromatic rings. The summed E-state index contributed by atoms with van der Waals surface area (Å²) in [7, 11) is 2.70. The Kier molecular flexibility index (Phi) is 10.1. The van der Waals surface area contributed by atoms with Crippen LogP contribution in [-0.4, -0.2) is 81.1 Å². The third-order valence-corrected chi connectivity index (χ3v) is 7.78. The lowest BCUT2D eigenvalue weighted by Gasteiger charge is -2.38. The Morgan fingerprint density at radius 2 is 1.56 bits per heavy atom. The molecule has 2 aliphatic heterocycles. The van der Waals surface area contributed by atoms with Crippen LogP contribution in [0.25, 0.3) is 0 Å². The molecule has 4 rings (SSSR count). The number of para-hydroxylation sites is 1. The molecule has 0 saturated carbocycles. The van der Waals surface area contributed by atoms with Gasteiger partial charge >= 0.3 is 11.9 Å². The Morgan fingerprint density at radius 1 is 0.878 bits per heavy atom. The zero-order valence-corrected chi connectivity index (χ0v) is 24.2. The Bertz CT molecular complexity index is 1320. The molecule has 2 aliphatic rings. The Morgan fingerprint density at radius 3 is 2.24 bits per heavy atom. The standard InChI is InChI=1S/C31H38F2N4O4/c1-21-28(31(39)41-4)29(23-12-13-25(32)26(33)20-23)37(22(2)34-21)15-9-5-8-14-35-16-18-36(19-17-35)27-11-7-6-10-24(27)30(38)40-3/h6-7,10-13,20,29H,5,8-9,14-19H2,1-4H3. The van der Waals surface area contributed by atoms with Crippen molar-refractivity contribution in [3.05, 3.63) is 76.5 Å². The van der Waals surface area contributed by atoms with Crippen molar-refractivity contribution in [1.29, 1.82) is 0 Å². The second-order valence-electron chi connectivity index (χ2n) is 10.3. The van der Waals surface area contributed by atoms with Crippen LogP contribution in [0.4, 0.5) is 14.5 Å². The summed E-state index contributed by atoms with van der Waals surface area (Å²) in [6.07, 6.45) is 2.79. The van der Waals surface area contributed by atoms with E-state index >= 15 is 0 Å². The van der Waals surface area contributed by atoms with Crippen molar-refractivity contribution >= 4 is 23.5 Å². The molecular formula is C31H38F2N4O4. The maximum atomic E-state index is 14.2. The predicted molar refractivity (Wildman–Crippen MR) is 154 cm³/mol. The molecule has 2 heterocycles. The monoisotopic (exact) mass is 568 g/mol. The molecule has 0 spiro atoms. The largest absolute Gasteiger partial charge is 0.466 e. The number of aliphatic imine (C=N–C) groups is 1. The molecule has 0 radical (unpaired) electrons. The van der Waals surface area contributed by atoms with Gasteiger partial charge in [0.1, 0.15) is 5.84 Å². The maximum Gasteiger partial charge on any atom is 0.339 e. The van der Waals surface area contributed by atoms with Crippen LogP contribution in [0.5, 0.6) is 0 Å². The van der Waals surface area contributed by atoms with Gasteiger partial charge in [0.05, 0.1) is 42.8 Å². The summed E-state index contributed by atoms with van der Waals surface area (Å²) < 4.78 is 37.9. The number of hydrogen-bond donors (Lipinski definition) is 0. The van der Waals surface area contributed by atoms with Crippen LogP contribution in [0.3, 0.4) is 0 Å². The summed E-state index contributed by atoms with van der Waals surface area (Å²) in [5, 5.41) is 0. The second-order valence-corrected chi connectivity index (χ2v) is 10.3. The number of benzene rings is 2. The van der Waals surface area contributed by atoms with E-state index in [0.29, 0.717) is 34.8 Å². The minimum absolute atomic E-state index is 0.326. The van der Waals surface area contributed by atoms with Crippen molar-refractivity contribution in [3.8, 4) is 0 Å². The number of piperazine rings is 1. The van der Waals surface area contributed by atoms with Crippen molar-refractivity contribution in [2.45, 2.75) is 39.2 Å². The molecule has 0 N–H and O–H groups in total. The molecule has 0 aromatic heterocycles. The van der Waals surface area contributed by atoms with Gasteiger partial charge in [-0.15, -0.1) is 0 Å². The number of allylic oxidation sites excluding steroid dienone is 1. The van der Waals surface area contributed by atoms with Crippen LogP contribution in [0, 0.1) is 11.6 Å². The highest BCUT2D eigenvalue weighted by atomic mass is 19.2. The van der Waals surface area contributed by atoms with Gasteiger partial charge in [-0.25, -0.2) is 23.4 Å². The van der Waals surface area contributed by atoms with Gasteiger partial charge in [-0.3, -0.25) is 4.90 Å². The molecule has 8 nitrogen and oxygen atoms in total. The fraction of sp³-hybridized carbons (Fsp3) is 0.452. The number of rotatable bonds is 10. The van der Waals surface area contributed by atoms with Crippen LogP contribution >= 0.6 is 0 Å². The number of unbranched alkanes of at least 4 members (excludes halogenated alkanes) is 2. The van der Waals surface area contributed by atoms with E-state index in [2.05, 4.69) is 14.8 Å². The third-order valence-electron chi connectivity index (χ3n) is 7.78. The van der Waals surface area contributed by atoms with Gasteiger partial charge in [0, 0.05) is 32.7 Å². The van der Waals surface area contributed by atoms with Crippen LogP contribution < -0.4 is 4.90 Å². The number of carbonyl (C=O) groups excluding carboxylic acids is 2. The number of esters is 2. The van der Waals surface area contributed by atoms with Crippen LogP contribution in [0.15, 0.2) is 58.7 Å². The van der Waals surface area contributed by atoms with E-state index < -0.39 is 23.6 Å². The second kappa shape index (κ2) is 13.7. The predicted octanol–water partition coefficient (Wildman–Crippen LogP) is 4.97. The molecule has 0 aliphatic carbocycles. The zero-order chi connectivity index (χ0) is 29.5. The molecule has 10 heteroatoms. The molecule has 41 heavy (non-hydrogen) atoms. The first-order chi connectivity index (χ1) is 19.7. The number of carbonyl (C=O) groups is 2. The van der Waals surface area contributed by atoms with E-state index in [1.807, 2.05) is 30.0 Å². The average Bonchev–Trinajstić information content (AvgIpc) is 2.98. The first-order valence-corrected chi connectivity index (χ1v) is 14.0. The summed E-state index contributed by atoms with van der Waals surface area (Å²) >= 11 is 0. The minimum atomic E-state index is -0.960. The molecule has 1 saturated heterocycles. The summed E-state index contributed by atoms with van der Waals surface area (Å²) in [6.45, 7) is 8.61. The van der Waals surface area contributed by atoms with Crippen LogP contribution in [0.1, 0.15) is 55.1 Å². The topological polar surface area (TPSA) is 74.7 Å². The van der Waals surface area contributed by atoms with Gasteiger partial charge in [-0.05, 0) is 63.1 Å². The molecule has 1 fully saturated rings. The SMILES string of the molecule is COC(=O)C1=C(C)N=C(C)N(CCCCCN2CCN(c3ccccc3C(=O)OC)CC2)C1c1ccc(F)c(F)c1. The molecule has 0 amide bonds. The highest BCUT2D eigenvalue weighted by Gasteiger charge is 2.35. The molecule has 0 bridgehead atoms. The van der Waals surface area contributed by atoms with Crippen molar-refractivity contribution < 1.29 is 27.8 Å². The summed E-state index contributed by atoms with van der Waals surface area (Å²) in [4.78, 5) is 36.1. The molecule has 220 valence electrons. The van der Waals surface area contributed by atoms with Gasteiger partial charge in [-0.2, -0.15) is 0 Å². The average molecular weight is 569 g/mol. The van der Waals surface area contributed by atoms with Crippen molar-refractivity contribution in [2.75, 3.05) is 58.4 Å². The van der Waals surface area contributed by atoms with Crippen LogP contribution in [-0.2, 0) is 14.3 Å². The quantitative estimate of drug-likeness (QED) is 0.296. The van der Waals surface area contributed by atoms with Gasteiger partial charge in [-0.1, -0.05) is 24.6 Å². The first kappa shape index (κ1) is 30.2. The Labute approximate surface area is 240 Å². The number of ether oxygens (including phenoxy) is 2. The summed E-state index contributed by atoms with van der Waals surface area (Å²) in [5.74, 6) is -2.04. The lowest BCUT2D eigenvalue weighted by atomic mass is 9.93. The number of methoxy groups -OCH3 is 2. The van der Waals surface area contributed by atoms with E-state index in [4.69, 9.17) is 9.47 Å². The molecule has 1 atom stereocenters.